The molecule has 1 aromatic rings. The number of rotatable bonds is 12. The Labute approximate surface area is 199 Å². The lowest BCUT2D eigenvalue weighted by atomic mass is 9.90. The van der Waals surface area contributed by atoms with Gasteiger partial charge in [-0.1, -0.05) is 30.4 Å². The molecule has 0 bridgehead atoms. The molecule has 0 aromatic heterocycles. The molecule has 5 nitrogen and oxygen atoms in total. The van der Waals surface area contributed by atoms with Crippen LogP contribution in [0.4, 0.5) is 13.2 Å². The van der Waals surface area contributed by atoms with Gasteiger partial charge in [0.1, 0.15) is 5.75 Å². The molecule has 0 saturated heterocycles. The van der Waals surface area contributed by atoms with Crippen LogP contribution in [0.15, 0.2) is 48.6 Å². The van der Waals surface area contributed by atoms with Crippen molar-refractivity contribution in [3.63, 3.8) is 0 Å². The molecule has 0 radical (unpaired) electrons. The van der Waals surface area contributed by atoms with E-state index in [1.807, 2.05) is 38.2 Å². The number of allylic oxidation sites excluding steroid dienone is 2. The van der Waals surface area contributed by atoms with Crippen LogP contribution >= 0.6 is 0 Å². The minimum Gasteiger partial charge on any atom is -0.493 e. The minimum absolute atomic E-state index is 0.115. The Morgan fingerprint density at radius 3 is 2.62 bits per heavy atom. The van der Waals surface area contributed by atoms with Gasteiger partial charge in [0, 0.05) is 18.8 Å². The smallest absolute Gasteiger partial charge is 0.416 e. The highest BCUT2D eigenvalue weighted by atomic mass is 19.4. The summed E-state index contributed by atoms with van der Waals surface area (Å²) in [5.41, 5.74) is -0.755. The Hall–Kier alpha value is -2.32. The van der Waals surface area contributed by atoms with Gasteiger partial charge in [0.25, 0.3) is 0 Å². The lowest BCUT2D eigenvalue weighted by molar-refractivity contribution is -0.147. The van der Waals surface area contributed by atoms with Crippen molar-refractivity contribution < 1.29 is 37.7 Å². The summed E-state index contributed by atoms with van der Waals surface area (Å²) in [4.78, 5) is 11.5. The summed E-state index contributed by atoms with van der Waals surface area (Å²) in [6.45, 7) is 3.83. The van der Waals surface area contributed by atoms with E-state index in [2.05, 4.69) is 0 Å². The average molecular weight is 485 g/mol. The van der Waals surface area contributed by atoms with Crippen LogP contribution in [0.25, 0.3) is 0 Å². The normalized spacial score (nSPS) is 23.3. The number of carbonyl (C=O) groups excluding carboxylic acids is 1. The lowest BCUT2D eigenvalue weighted by Crippen LogP contribution is -2.19. The van der Waals surface area contributed by atoms with Gasteiger partial charge < -0.3 is 19.7 Å². The maximum atomic E-state index is 12.8. The highest BCUT2D eigenvalue weighted by Gasteiger charge is 2.39. The lowest BCUT2D eigenvalue weighted by Gasteiger charge is -2.19. The topological polar surface area (TPSA) is 76.0 Å². The average Bonchev–Trinajstić information content (AvgIpc) is 3.01. The van der Waals surface area contributed by atoms with Crippen molar-refractivity contribution in [3.8, 4) is 5.75 Å². The van der Waals surface area contributed by atoms with Crippen molar-refractivity contribution in [2.75, 3.05) is 6.61 Å². The van der Waals surface area contributed by atoms with Crippen molar-refractivity contribution in [1.29, 1.82) is 0 Å². The van der Waals surface area contributed by atoms with Gasteiger partial charge in [-0.3, -0.25) is 4.79 Å². The Morgan fingerprint density at radius 2 is 1.91 bits per heavy atom. The molecule has 2 rings (SSSR count). The van der Waals surface area contributed by atoms with Gasteiger partial charge >= 0.3 is 12.1 Å². The van der Waals surface area contributed by atoms with E-state index in [1.165, 1.54) is 12.1 Å². The molecule has 0 aliphatic heterocycles. The van der Waals surface area contributed by atoms with Crippen LogP contribution in [0.1, 0.15) is 57.9 Å². The van der Waals surface area contributed by atoms with Crippen LogP contribution in [-0.4, -0.2) is 41.1 Å². The molecule has 190 valence electrons. The summed E-state index contributed by atoms with van der Waals surface area (Å²) >= 11 is 0. The van der Waals surface area contributed by atoms with Crippen LogP contribution in [0, 0.1) is 11.8 Å². The second kappa shape index (κ2) is 13.5. The quantitative estimate of drug-likeness (QED) is 0.234. The Bertz CT molecular complexity index is 819. The van der Waals surface area contributed by atoms with Crippen LogP contribution in [-0.2, 0) is 15.7 Å². The molecule has 1 fully saturated rings. The van der Waals surface area contributed by atoms with Crippen molar-refractivity contribution in [1.82, 2.24) is 0 Å². The Morgan fingerprint density at radius 1 is 1.15 bits per heavy atom. The summed E-state index contributed by atoms with van der Waals surface area (Å²) in [6.07, 6.45) is 4.98. The highest BCUT2D eigenvalue weighted by Crippen LogP contribution is 2.36. The summed E-state index contributed by atoms with van der Waals surface area (Å²) in [6, 6.07) is 4.75. The maximum absolute atomic E-state index is 12.8. The molecular weight excluding hydrogens is 449 g/mol. The number of aliphatic hydroxyl groups is 2. The highest BCUT2D eigenvalue weighted by molar-refractivity contribution is 5.69. The van der Waals surface area contributed by atoms with Crippen LogP contribution in [0.2, 0.25) is 0 Å². The molecule has 2 N–H and O–H groups in total. The van der Waals surface area contributed by atoms with Gasteiger partial charge in [0.05, 0.1) is 30.5 Å². The molecule has 0 spiro atoms. The molecule has 8 heteroatoms. The van der Waals surface area contributed by atoms with E-state index in [0.29, 0.717) is 32.1 Å². The fourth-order valence-corrected chi connectivity index (χ4v) is 4.02. The SMILES string of the molecule is CC(C)OC(=O)CCC/C=C\CC1[C@@H](/C=C/CCOc2cccc(C(F)(F)F)c2)[C@H](O)C[C@@H]1O. The molecule has 34 heavy (non-hydrogen) atoms. The van der Waals surface area contributed by atoms with Crippen molar-refractivity contribution in [3.05, 3.63) is 54.1 Å². The maximum Gasteiger partial charge on any atom is 0.416 e. The third-order valence-electron chi connectivity index (χ3n) is 5.68. The van der Waals surface area contributed by atoms with E-state index in [4.69, 9.17) is 9.47 Å². The summed E-state index contributed by atoms with van der Waals surface area (Å²) in [5, 5.41) is 20.6. The number of alkyl halides is 3. The number of ether oxygens (including phenoxy) is 2. The monoisotopic (exact) mass is 484 g/mol. The number of halogens is 3. The minimum atomic E-state index is -4.41. The predicted molar refractivity (Wildman–Crippen MR) is 123 cm³/mol. The van der Waals surface area contributed by atoms with Crippen LogP contribution in [0.5, 0.6) is 5.75 Å². The molecule has 1 unspecified atom stereocenters. The molecule has 1 aromatic carbocycles. The largest absolute Gasteiger partial charge is 0.493 e. The number of benzene rings is 1. The fourth-order valence-electron chi connectivity index (χ4n) is 4.02. The zero-order valence-electron chi connectivity index (χ0n) is 19.7. The summed E-state index contributed by atoms with van der Waals surface area (Å²) < 4.78 is 48.8. The van der Waals surface area contributed by atoms with Crippen LogP contribution in [0.3, 0.4) is 0 Å². The molecule has 1 saturated carbocycles. The van der Waals surface area contributed by atoms with Gasteiger partial charge in [-0.2, -0.15) is 13.2 Å². The second-order valence-electron chi connectivity index (χ2n) is 8.84. The number of esters is 1. The molecule has 1 aliphatic carbocycles. The number of hydrogen-bond donors (Lipinski definition) is 2. The molecular formula is C26H35F3O5. The number of carbonyl (C=O) groups is 1. The van der Waals surface area contributed by atoms with Gasteiger partial charge in [-0.15, -0.1) is 0 Å². The van der Waals surface area contributed by atoms with E-state index in [0.717, 1.165) is 18.6 Å². The summed E-state index contributed by atoms with van der Waals surface area (Å²) in [7, 11) is 0. The molecule has 4 atom stereocenters. The van der Waals surface area contributed by atoms with Crippen molar-refractivity contribution in [2.24, 2.45) is 11.8 Å². The van der Waals surface area contributed by atoms with Gasteiger partial charge in [0.15, 0.2) is 0 Å². The van der Waals surface area contributed by atoms with Gasteiger partial charge in [-0.25, -0.2) is 0 Å². The zero-order valence-corrected chi connectivity index (χ0v) is 19.7. The van der Waals surface area contributed by atoms with E-state index >= 15 is 0 Å². The first kappa shape index (κ1) is 27.9. The van der Waals surface area contributed by atoms with Crippen molar-refractivity contribution >= 4 is 5.97 Å². The van der Waals surface area contributed by atoms with Crippen LogP contribution < -0.4 is 4.74 Å². The first-order valence-corrected chi connectivity index (χ1v) is 11.7. The third kappa shape index (κ3) is 9.50. The fraction of sp³-hybridized carbons (Fsp3) is 0.577. The predicted octanol–water partition coefficient (Wildman–Crippen LogP) is 5.46. The van der Waals surface area contributed by atoms with E-state index < -0.39 is 23.9 Å². The summed E-state index contributed by atoms with van der Waals surface area (Å²) in [5.74, 6) is -0.396. The zero-order chi connectivity index (χ0) is 25.1. The second-order valence-corrected chi connectivity index (χ2v) is 8.84. The van der Waals surface area contributed by atoms with E-state index in [-0.39, 0.29) is 36.3 Å². The third-order valence-corrected chi connectivity index (χ3v) is 5.68. The Kier molecular flexibility index (Phi) is 11.1. The van der Waals surface area contributed by atoms with Gasteiger partial charge in [0.2, 0.25) is 0 Å². The van der Waals surface area contributed by atoms with E-state index in [9.17, 15) is 28.2 Å². The standard InChI is InChI=1S/C26H35F3O5/c1-18(2)34-25(32)14-6-4-3-5-12-21-22(24(31)17-23(21)30)13-7-8-15-33-20-11-9-10-19(16-20)26(27,28)29/h3,5,7,9-11,13,16,18,21-24,30-31H,4,6,8,12,14-15,17H2,1-2H3/b5-3-,13-7+/t21?,22-,23+,24-/m1/s1. The molecule has 1 aliphatic rings. The first-order valence-electron chi connectivity index (χ1n) is 11.7. The number of hydrogen-bond acceptors (Lipinski definition) is 5. The van der Waals surface area contributed by atoms with Gasteiger partial charge in [-0.05, 0) is 63.6 Å². The number of aliphatic hydroxyl groups excluding tert-OH is 2. The molecule has 0 amide bonds. The van der Waals surface area contributed by atoms with E-state index in [1.54, 1.807) is 0 Å². The Balaban J connectivity index is 1.76. The number of unbranched alkanes of at least 4 members (excludes halogenated alkanes) is 1. The first-order chi connectivity index (χ1) is 16.1. The molecule has 0 heterocycles. The van der Waals surface area contributed by atoms with Crippen molar-refractivity contribution in [2.45, 2.75) is 76.9 Å².